The third-order valence-corrected chi connectivity index (χ3v) is 7.38. The van der Waals surface area contributed by atoms with E-state index in [1.54, 1.807) is 18.3 Å². The van der Waals surface area contributed by atoms with Gasteiger partial charge in [-0.15, -0.1) is 0 Å². The van der Waals surface area contributed by atoms with Crippen LogP contribution in [0.3, 0.4) is 0 Å². The number of aromatic nitrogens is 4. The molecule has 0 radical (unpaired) electrons. The molecule has 0 bridgehead atoms. The van der Waals surface area contributed by atoms with E-state index < -0.39 is 0 Å². The van der Waals surface area contributed by atoms with Crippen LogP contribution in [0.4, 0.5) is 5.82 Å². The Hall–Kier alpha value is -4.00. The third-order valence-electron chi connectivity index (χ3n) is 7.38. The quantitative estimate of drug-likeness (QED) is 0.354. The van der Waals surface area contributed by atoms with Gasteiger partial charge in [-0.1, -0.05) is 18.2 Å². The molecule has 6 rings (SSSR count). The van der Waals surface area contributed by atoms with Crippen molar-refractivity contribution in [2.75, 3.05) is 31.1 Å². The normalized spacial score (nSPS) is 19.7. The van der Waals surface area contributed by atoms with Crippen LogP contribution in [0.25, 0.3) is 11.0 Å². The molecule has 0 unspecified atom stereocenters. The van der Waals surface area contributed by atoms with Gasteiger partial charge in [0.05, 0.1) is 41.5 Å². The molecule has 194 valence electrons. The molecule has 0 saturated carbocycles. The molecule has 1 aromatic carbocycles. The molecular formula is C29H31N7O2. The first-order chi connectivity index (χ1) is 18.7. The van der Waals surface area contributed by atoms with Gasteiger partial charge < -0.3 is 18.9 Å². The van der Waals surface area contributed by atoms with E-state index in [-0.39, 0.29) is 6.10 Å². The molecule has 2 aliphatic heterocycles. The van der Waals surface area contributed by atoms with Crippen molar-refractivity contribution in [2.45, 2.75) is 45.2 Å². The number of para-hydroxylation sites is 2. The van der Waals surface area contributed by atoms with E-state index in [0.717, 1.165) is 68.6 Å². The van der Waals surface area contributed by atoms with Crippen molar-refractivity contribution in [2.24, 2.45) is 0 Å². The highest BCUT2D eigenvalue weighted by Crippen LogP contribution is 2.25. The summed E-state index contributed by atoms with van der Waals surface area (Å²) >= 11 is 0. The van der Waals surface area contributed by atoms with Crippen molar-refractivity contribution < 1.29 is 9.47 Å². The average Bonchev–Trinajstić information content (AvgIpc) is 3.27. The molecule has 0 amide bonds. The molecular weight excluding hydrogens is 478 g/mol. The standard InChI is InChI=1S/C29H31N7O2/c1-21-17-35(27-7-4-8-29(33-27)38-20-23-10-9-22(15-30)16-31-23)13-12-34(21)19-28-32-25-5-2-3-6-26(25)36(28)18-24-11-14-37-24/h2-10,16,21,24H,11-14,17-20H2,1H3/t21-,24-/m0/s1. The number of imidazole rings is 1. The van der Waals surface area contributed by atoms with Gasteiger partial charge in [0.1, 0.15) is 24.3 Å². The van der Waals surface area contributed by atoms with Gasteiger partial charge in [-0.05, 0) is 43.7 Å². The van der Waals surface area contributed by atoms with Crippen LogP contribution in [0.1, 0.15) is 30.4 Å². The van der Waals surface area contributed by atoms with Gasteiger partial charge in [0.2, 0.25) is 5.88 Å². The number of nitrogens with zero attached hydrogens (tertiary/aromatic N) is 7. The Morgan fingerprint density at radius 1 is 1.08 bits per heavy atom. The zero-order valence-electron chi connectivity index (χ0n) is 21.5. The van der Waals surface area contributed by atoms with E-state index in [2.05, 4.69) is 56.6 Å². The van der Waals surface area contributed by atoms with Crippen LogP contribution in [0.2, 0.25) is 0 Å². The number of fused-ring (bicyclic) bond motifs is 1. The Balaban J connectivity index is 1.10. The van der Waals surface area contributed by atoms with Gasteiger partial charge in [0, 0.05) is 44.5 Å². The second-order valence-electron chi connectivity index (χ2n) is 9.95. The highest BCUT2D eigenvalue weighted by Gasteiger charge is 2.28. The highest BCUT2D eigenvalue weighted by molar-refractivity contribution is 5.75. The van der Waals surface area contributed by atoms with Gasteiger partial charge in [0.15, 0.2) is 0 Å². The maximum absolute atomic E-state index is 8.94. The smallest absolute Gasteiger partial charge is 0.215 e. The van der Waals surface area contributed by atoms with Crippen LogP contribution < -0.4 is 9.64 Å². The lowest BCUT2D eigenvalue weighted by Gasteiger charge is -2.40. The summed E-state index contributed by atoms with van der Waals surface area (Å²) in [4.78, 5) is 18.8. The lowest BCUT2D eigenvalue weighted by molar-refractivity contribution is -0.0592. The van der Waals surface area contributed by atoms with Crippen LogP contribution in [0, 0.1) is 11.3 Å². The Kier molecular flexibility index (Phi) is 6.90. The summed E-state index contributed by atoms with van der Waals surface area (Å²) in [6.45, 7) is 7.78. The summed E-state index contributed by atoms with van der Waals surface area (Å²) in [6.07, 6.45) is 2.95. The maximum Gasteiger partial charge on any atom is 0.215 e. The number of ether oxygens (including phenoxy) is 2. The van der Waals surface area contributed by atoms with Gasteiger partial charge in [-0.3, -0.25) is 9.88 Å². The van der Waals surface area contributed by atoms with Crippen molar-refractivity contribution in [3.63, 3.8) is 0 Å². The molecule has 2 saturated heterocycles. The summed E-state index contributed by atoms with van der Waals surface area (Å²) < 4.78 is 14.0. The van der Waals surface area contributed by atoms with Crippen molar-refractivity contribution in [1.82, 2.24) is 24.4 Å². The fraction of sp³-hybridized carbons (Fsp3) is 0.379. The van der Waals surface area contributed by atoms with Gasteiger partial charge in [-0.25, -0.2) is 4.98 Å². The van der Waals surface area contributed by atoms with E-state index in [0.29, 0.717) is 24.1 Å². The number of pyridine rings is 2. The van der Waals surface area contributed by atoms with E-state index in [1.807, 2.05) is 18.2 Å². The largest absolute Gasteiger partial charge is 0.471 e. The van der Waals surface area contributed by atoms with Gasteiger partial charge in [-0.2, -0.15) is 10.2 Å². The fourth-order valence-electron chi connectivity index (χ4n) is 5.09. The maximum atomic E-state index is 8.94. The Bertz CT molecular complexity index is 1440. The Morgan fingerprint density at radius 3 is 2.74 bits per heavy atom. The monoisotopic (exact) mass is 509 g/mol. The Morgan fingerprint density at radius 2 is 1.97 bits per heavy atom. The lowest BCUT2D eigenvalue weighted by Crippen LogP contribution is -2.52. The molecule has 0 N–H and O–H groups in total. The van der Waals surface area contributed by atoms with E-state index >= 15 is 0 Å². The van der Waals surface area contributed by atoms with Gasteiger partial charge >= 0.3 is 0 Å². The predicted molar refractivity (Wildman–Crippen MR) is 144 cm³/mol. The second kappa shape index (κ2) is 10.8. The van der Waals surface area contributed by atoms with Crippen LogP contribution >= 0.6 is 0 Å². The molecule has 38 heavy (non-hydrogen) atoms. The first-order valence-corrected chi connectivity index (χ1v) is 13.2. The highest BCUT2D eigenvalue weighted by atomic mass is 16.5. The zero-order valence-corrected chi connectivity index (χ0v) is 21.5. The molecule has 2 atom stereocenters. The molecule has 2 fully saturated rings. The molecule has 9 heteroatoms. The second-order valence-corrected chi connectivity index (χ2v) is 9.95. The molecule has 0 aliphatic carbocycles. The summed E-state index contributed by atoms with van der Waals surface area (Å²) in [7, 11) is 0. The van der Waals surface area contributed by atoms with Crippen molar-refractivity contribution in [1.29, 1.82) is 5.26 Å². The zero-order chi connectivity index (χ0) is 25.9. The topological polar surface area (TPSA) is 92.3 Å². The number of benzene rings is 1. The number of hydrogen-bond donors (Lipinski definition) is 0. The van der Waals surface area contributed by atoms with E-state index in [4.69, 9.17) is 24.7 Å². The first kappa shape index (κ1) is 24.3. The number of hydrogen-bond acceptors (Lipinski definition) is 8. The van der Waals surface area contributed by atoms with Crippen LogP contribution in [-0.4, -0.2) is 62.8 Å². The number of anilines is 1. The number of nitriles is 1. The van der Waals surface area contributed by atoms with Crippen molar-refractivity contribution in [3.05, 3.63) is 77.9 Å². The first-order valence-electron chi connectivity index (χ1n) is 13.2. The SMILES string of the molecule is C[C@H]1CN(c2cccc(OCc3ccc(C#N)cn3)n2)CCN1Cc1nc2ccccc2n1C[C@@H]1CCO1. The van der Waals surface area contributed by atoms with Crippen LogP contribution in [0.5, 0.6) is 5.88 Å². The van der Waals surface area contributed by atoms with Gasteiger partial charge in [0.25, 0.3) is 0 Å². The summed E-state index contributed by atoms with van der Waals surface area (Å²) in [5.41, 5.74) is 3.52. The third kappa shape index (κ3) is 5.19. The molecule has 5 heterocycles. The minimum absolute atomic E-state index is 0.286. The lowest BCUT2D eigenvalue weighted by atomic mass is 10.1. The molecule has 2 aliphatic rings. The van der Waals surface area contributed by atoms with Crippen LogP contribution in [0.15, 0.2) is 60.8 Å². The summed E-state index contributed by atoms with van der Waals surface area (Å²) in [5.74, 6) is 2.58. The predicted octanol–water partition coefficient (Wildman–Crippen LogP) is 3.78. The van der Waals surface area contributed by atoms with Crippen molar-refractivity contribution >= 4 is 16.9 Å². The molecule has 3 aromatic heterocycles. The summed E-state index contributed by atoms with van der Waals surface area (Å²) in [6, 6.07) is 20.2. The molecule has 0 spiro atoms. The molecule has 4 aromatic rings. The van der Waals surface area contributed by atoms with Crippen LogP contribution in [-0.2, 0) is 24.4 Å². The number of piperazine rings is 1. The summed E-state index contributed by atoms with van der Waals surface area (Å²) in [5, 5.41) is 8.94. The minimum atomic E-state index is 0.286. The Labute approximate surface area is 222 Å². The fourth-order valence-corrected chi connectivity index (χ4v) is 5.09. The van der Waals surface area contributed by atoms with E-state index in [9.17, 15) is 0 Å². The number of rotatable bonds is 8. The van der Waals surface area contributed by atoms with E-state index in [1.165, 1.54) is 5.52 Å². The average molecular weight is 510 g/mol. The molecule has 9 nitrogen and oxygen atoms in total. The van der Waals surface area contributed by atoms with Crippen molar-refractivity contribution in [3.8, 4) is 11.9 Å². The minimum Gasteiger partial charge on any atom is -0.471 e.